The Morgan fingerprint density at radius 3 is 2.60 bits per heavy atom. The molecule has 0 radical (unpaired) electrons. The zero-order valence-corrected chi connectivity index (χ0v) is 12.6. The number of hydrogen-bond donors (Lipinski definition) is 1. The van der Waals surface area contributed by atoms with E-state index in [4.69, 9.17) is 5.11 Å². The summed E-state index contributed by atoms with van der Waals surface area (Å²) in [6.45, 7) is 0.0447. The summed E-state index contributed by atoms with van der Waals surface area (Å²) in [6.07, 6.45) is -2.21. The molecule has 0 spiro atoms. The second-order valence-electron chi connectivity index (χ2n) is 3.90. The Morgan fingerprint density at radius 2 is 2.05 bits per heavy atom. The molecule has 0 bridgehead atoms. The second-order valence-corrected chi connectivity index (χ2v) is 5.14. The molecule has 1 N–H and O–H groups in total. The van der Waals surface area contributed by atoms with Gasteiger partial charge >= 0.3 is 12.2 Å². The molecule has 0 aromatic heterocycles. The van der Waals surface area contributed by atoms with E-state index in [2.05, 4.69) is 37.7 Å². The number of halogens is 1. The Balaban J connectivity index is 2.26. The quantitative estimate of drug-likeness (QED) is 0.746. The van der Waals surface area contributed by atoms with Gasteiger partial charge in [-0.05, 0) is 45.5 Å². The van der Waals surface area contributed by atoms with Crippen molar-refractivity contribution in [2.24, 2.45) is 10.3 Å². The fourth-order valence-electron chi connectivity index (χ4n) is 1.69. The molecule has 1 aromatic carbocycles. The maximum Gasteiger partial charge on any atom is 0.449 e. The normalized spacial score (nSPS) is 18.0. The van der Waals surface area contributed by atoms with Crippen LogP contribution in [0.1, 0.15) is 11.6 Å². The first-order valence-corrected chi connectivity index (χ1v) is 6.65. The van der Waals surface area contributed by atoms with Gasteiger partial charge in [-0.25, -0.2) is 9.59 Å². The van der Waals surface area contributed by atoms with Crippen molar-refractivity contribution in [3.05, 3.63) is 33.4 Å². The number of benzene rings is 1. The van der Waals surface area contributed by atoms with E-state index < -0.39 is 18.2 Å². The second kappa shape index (κ2) is 6.03. The van der Waals surface area contributed by atoms with Gasteiger partial charge in [0.05, 0.1) is 13.7 Å². The lowest BCUT2D eigenvalue weighted by Gasteiger charge is -2.31. The molecular formula is C11H11IN4O4. The van der Waals surface area contributed by atoms with E-state index in [-0.39, 0.29) is 6.54 Å². The number of hydrazine groups is 1. The first-order valence-electron chi connectivity index (χ1n) is 5.57. The summed E-state index contributed by atoms with van der Waals surface area (Å²) in [6, 6.07) is 7.09. The van der Waals surface area contributed by atoms with Gasteiger partial charge in [0.25, 0.3) is 0 Å². The number of nitrogens with zero attached hydrogens (tertiary/aromatic N) is 4. The third kappa shape index (κ3) is 2.98. The van der Waals surface area contributed by atoms with Crippen molar-refractivity contribution >= 4 is 34.8 Å². The minimum atomic E-state index is -1.40. The molecule has 0 fully saturated rings. The highest BCUT2D eigenvalue weighted by atomic mass is 127. The maximum absolute atomic E-state index is 11.6. The Kier molecular flexibility index (Phi) is 4.37. The van der Waals surface area contributed by atoms with E-state index in [1.165, 1.54) is 7.11 Å². The Bertz CT molecular complexity index is 548. The van der Waals surface area contributed by atoms with Crippen LogP contribution in [-0.4, -0.2) is 41.1 Å². The topological polar surface area (TPSA) is 94.8 Å². The van der Waals surface area contributed by atoms with Crippen LogP contribution < -0.4 is 0 Å². The number of carbonyl (C=O) groups is 2. The molecule has 1 atom stereocenters. The summed E-state index contributed by atoms with van der Waals surface area (Å²) >= 11 is 2.18. The van der Waals surface area contributed by atoms with Gasteiger partial charge in [0.2, 0.25) is 0 Å². The van der Waals surface area contributed by atoms with Crippen molar-refractivity contribution in [2.45, 2.75) is 6.04 Å². The van der Waals surface area contributed by atoms with Crippen LogP contribution in [0.3, 0.4) is 0 Å². The molecule has 1 aromatic rings. The summed E-state index contributed by atoms with van der Waals surface area (Å²) in [5, 5.41) is 17.8. The predicted molar refractivity (Wildman–Crippen MR) is 75.7 cm³/mol. The molecule has 106 valence electrons. The van der Waals surface area contributed by atoms with Crippen LogP contribution in [0.4, 0.5) is 9.59 Å². The molecule has 0 saturated carbocycles. The van der Waals surface area contributed by atoms with Crippen LogP contribution in [0.15, 0.2) is 34.6 Å². The number of methoxy groups -OCH3 is 1. The number of hydrogen-bond acceptors (Lipinski definition) is 5. The van der Waals surface area contributed by atoms with Crippen molar-refractivity contribution in [3.63, 3.8) is 0 Å². The summed E-state index contributed by atoms with van der Waals surface area (Å²) in [5.41, 5.74) is 0.841. The van der Waals surface area contributed by atoms with E-state index in [9.17, 15) is 9.59 Å². The number of amides is 2. The van der Waals surface area contributed by atoms with Gasteiger partial charge in [0, 0.05) is 3.57 Å². The first kappa shape index (κ1) is 14.5. The number of carboxylic acid groups (broad SMARTS) is 1. The highest BCUT2D eigenvalue weighted by molar-refractivity contribution is 14.1. The Labute approximate surface area is 128 Å². The van der Waals surface area contributed by atoms with Crippen molar-refractivity contribution in [1.82, 2.24) is 10.1 Å². The zero-order chi connectivity index (χ0) is 14.7. The van der Waals surface area contributed by atoms with Crippen molar-refractivity contribution < 1.29 is 19.4 Å². The first-order chi connectivity index (χ1) is 9.52. The highest BCUT2D eigenvalue weighted by Gasteiger charge is 2.33. The van der Waals surface area contributed by atoms with Crippen LogP contribution in [-0.2, 0) is 4.74 Å². The summed E-state index contributed by atoms with van der Waals surface area (Å²) in [5.74, 6) is 0. The number of ether oxygens (including phenoxy) is 1. The maximum atomic E-state index is 11.6. The lowest BCUT2D eigenvalue weighted by atomic mass is 10.1. The van der Waals surface area contributed by atoms with Gasteiger partial charge in [0.1, 0.15) is 6.04 Å². The van der Waals surface area contributed by atoms with Crippen LogP contribution in [0.5, 0.6) is 0 Å². The van der Waals surface area contributed by atoms with Crippen molar-refractivity contribution in [2.75, 3.05) is 13.7 Å². The van der Waals surface area contributed by atoms with Crippen LogP contribution in [0.2, 0.25) is 0 Å². The van der Waals surface area contributed by atoms with Crippen LogP contribution in [0.25, 0.3) is 0 Å². The molecule has 0 aliphatic carbocycles. The average Bonchev–Trinajstić information content (AvgIpc) is 2.46. The minimum absolute atomic E-state index is 0.0447. The fourth-order valence-corrected chi connectivity index (χ4v) is 2.05. The largest absolute Gasteiger partial charge is 0.462 e. The van der Waals surface area contributed by atoms with E-state index in [1.54, 1.807) is 0 Å². The number of rotatable bonds is 1. The van der Waals surface area contributed by atoms with Gasteiger partial charge in [-0.3, -0.25) is 0 Å². The average molecular weight is 390 g/mol. The summed E-state index contributed by atoms with van der Waals surface area (Å²) in [4.78, 5) is 22.6. The van der Waals surface area contributed by atoms with Gasteiger partial charge < -0.3 is 9.84 Å². The van der Waals surface area contributed by atoms with E-state index in [0.29, 0.717) is 5.12 Å². The molecule has 8 nitrogen and oxygen atoms in total. The fraction of sp³-hybridized carbons (Fsp3) is 0.273. The SMILES string of the molecule is COC(=O)N1CC(c2ccc(I)cc2)N=NN1C(=O)O. The van der Waals surface area contributed by atoms with E-state index in [1.807, 2.05) is 24.3 Å². The molecule has 1 unspecified atom stereocenters. The highest BCUT2D eigenvalue weighted by Crippen LogP contribution is 2.25. The zero-order valence-electron chi connectivity index (χ0n) is 10.4. The monoisotopic (exact) mass is 390 g/mol. The molecule has 1 aliphatic heterocycles. The molecule has 1 heterocycles. The van der Waals surface area contributed by atoms with Gasteiger partial charge in [-0.2, -0.15) is 10.1 Å². The molecule has 0 saturated heterocycles. The summed E-state index contributed by atoms with van der Waals surface area (Å²) in [7, 11) is 1.17. The van der Waals surface area contributed by atoms with Gasteiger partial charge in [-0.15, -0.1) is 0 Å². The predicted octanol–water partition coefficient (Wildman–Crippen LogP) is 2.68. The summed E-state index contributed by atoms with van der Waals surface area (Å²) < 4.78 is 5.62. The standard InChI is InChI=1S/C11H11IN4O4/c1-20-11(19)15-6-9(13-14-16(15)10(17)18)7-2-4-8(12)5-3-7/h2-5,9H,6H2,1H3,(H,17,18). The van der Waals surface area contributed by atoms with E-state index >= 15 is 0 Å². The van der Waals surface area contributed by atoms with Gasteiger partial charge in [0.15, 0.2) is 0 Å². The van der Waals surface area contributed by atoms with Crippen LogP contribution >= 0.6 is 22.6 Å². The molecule has 2 amide bonds. The van der Waals surface area contributed by atoms with E-state index in [0.717, 1.165) is 14.1 Å². The molecule has 1 aliphatic rings. The lowest BCUT2D eigenvalue weighted by molar-refractivity contribution is -0.0280. The van der Waals surface area contributed by atoms with Crippen LogP contribution in [0, 0.1) is 3.57 Å². The Morgan fingerprint density at radius 1 is 1.40 bits per heavy atom. The third-order valence-electron chi connectivity index (χ3n) is 2.66. The van der Waals surface area contributed by atoms with Crippen molar-refractivity contribution in [3.8, 4) is 0 Å². The molecule has 2 rings (SSSR count). The molecule has 20 heavy (non-hydrogen) atoms. The lowest BCUT2D eigenvalue weighted by Crippen LogP contribution is -2.49. The molecular weight excluding hydrogens is 379 g/mol. The van der Waals surface area contributed by atoms with Gasteiger partial charge in [-0.1, -0.05) is 17.3 Å². The third-order valence-corrected chi connectivity index (χ3v) is 3.38. The smallest absolute Gasteiger partial charge is 0.449 e. The number of carbonyl (C=O) groups excluding carboxylic acids is 1. The van der Waals surface area contributed by atoms with Crippen molar-refractivity contribution in [1.29, 1.82) is 0 Å². The molecule has 9 heteroatoms. The Hall–Kier alpha value is -1.91. The minimum Gasteiger partial charge on any atom is -0.462 e.